The number of halogens is 2. The molecule has 0 radical (unpaired) electrons. The molecule has 0 amide bonds. The lowest BCUT2D eigenvalue weighted by Gasteiger charge is -2.40. The van der Waals surface area contributed by atoms with Crippen molar-refractivity contribution in [2.24, 2.45) is 0 Å². The average Bonchev–Trinajstić information content (AvgIpc) is 2.52. The van der Waals surface area contributed by atoms with E-state index in [1.165, 1.54) is 0 Å². The van der Waals surface area contributed by atoms with Crippen LogP contribution >= 0.6 is 15.9 Å². The van der Waals surface area contributed by atoms with Gasteiger partial charge in [-0.15, -0.1) is 0 Å². The standard InChI is InChI=1S/C16H20BrFN2O/c1-3-16(4-2)9-12(7-8-21-16)20-13-6-5-11(10-19)14(17)15(13)18/h5-6,12,20H,3-4,7-9H2,1-2H3. The van der Waals surface area contributed by atoms with Crippen molar-refractivity contribution in [1.29, 1.82) is 5.26 Å². The number of rotatable bonds is 4. The summed E-state index contributed by atoms with van der Waals surface area (Å²) >= 11 is 3.14. The predicted octanol–water partition coefficient (Wildman–Crippen LogP) is 4.61. The summed E-state index contributed by atoms with van der Waals surface area (Å²) in [5, 5.41) is 12.2. The van der Waals surface area contributed by atoms with Crippen molar-refractivity contribution in [2.75, 3.05) is 11.9 Å². The van der Waals surface area contributed by atoms with Crippen LogP contribution in [0.1, 0.15) is 45.1 Å². The van der Waals surface area contributed by atoms with E-state index < -0.39 is 5.82 Å². The van der Waals surface area contributed by atoms with Gasteiger partial charge in [0.15, 0.2) is 5.82 Å². The molecule has 1 N–H and O–H groups in total. The second-order valence-corrected chi connectivity index (χ2v) is 6.27. The number of anilines is 1. The molecule has 0 spiro atoms. The van der Waals surface area contributed by atoms with Gasteiger partial charge in [-0.3, -0.25) is 0 Å². The highest BCUT2D eigenvalue weighted by Gasteiger charge is 2.34. The smallest absolute Gasteiger partial charge is 0.161 e. The first-order chi connectivity index (χ1) is 10.0. The summed E-state index contributed by atoms with van der Waals surface area (Å²) in [6, 6.07) is 5.41. The van der Waals surface area contributed by atoms with Gasteiger partial charge in [0.1, 0.15) is 6.07 Å². The second kappa shape index (κ2) is 6.76. The van der Waals surface area contributed by atoms with E-state index in [9.17, 15) is 4.39 Å². The molecular formula is C16H20BrFN2O. The molecule has 0 aliphatic carbocycles. The van der Waals surface area contributed by atoms with Crippen LogP contribution in [0, 0.1) is 17.1 Å². The molecule has 1 atom stereocenters. The lowest BCUT2D eigenvalue weighted by Crippen LogP contribution is -2.43. The van der Waals surface area contributed by atoms with Crippen LogP contribution in [0.5, 0.6) is 0 Å². The van der Waals surface area contributed by atoms with Gasteiger partial charge >= 0.3 is 0 Å². The summed E-state index contributed by atoms with van der Waals surface area (Å²) in [5.41, 5.74) is 0.645. The van der Waals surface area contributed by atoms with E-state index in [4.69, 9.17) is 10.00 Å². The fourth-order valence-electron chi connectivity index (χ4n) is 2.86. The third-order valence-corrected chi connectivity index (χ3v) is 5.12. The summed E-state index contributed by atoms with van der Waals surface area (Å²) in [6.45, 7) is 4.95. The molecule has 2 rings (SSSR count). The fourth-order valence-corrected chi connectivity index (χ4v) is 3.30. The van der Waals surface area contributed by atoms with Gasteiger partial charge in [0, 0.05) is 12.6 Å². The number of nitrogens with zero attached hydrogens (tertiary/aromatic N) is 1. The second-order valence-electron chi connectivity index (χ2n) is 5.47. The van der Waals surface area contributed by atoms with Crippen molar-refractivity contribution in [1.82, 2.24) is 0 Å². The number of hydrogen-bond acceptors (Lipinski definition) is 3. The number of ether oxygens (including phenoxy) is 1. The van der Waals surface area contributed by atoms with Crippen LogP contribution in [-0.2, 0) is 4.74 Å². The summed E-state index contributed by atoms with van der Waals surface area (Å²) in [5.74, 6) is -0.404. The van der Waals surface area contributed by atoms with Gasteiger partial charge < -0.3 is 10.1 Å². The Morgan fingerprint density at radius 3 is 2.81 bits per heavy atom. The first-order valence-corrected chi connectivity index (χ1v) is 8.13. The van der Waals surface area contributed by atoms with Gasteiger partial charge in [0.05, 0.1) is 21.3 Å². The molecule has 1 aromatic carbocycles. The van der Waals surface area contributed by atoms with E-state index in [-0.39, 0.29) is 16.1 Å². The van der Waals surface area contributed by atoms with Gasteiger partial charge in [-0.05, 0) is 53.7 Å². The van der Waals surface area contributed by atoms with Gasteiger partial charge in [-0.1, -0.05) is 13.8 Å². The van der Waals surface area contributed by atoms with Crippen molar-refractivity contribution < 1.29 is 9.13 Å². The zero-order valence-corrected chi connectivity index (χ0v) is 14.0. The van der Waals surface area contributed by atoms with Gasteiger partial charge in [-0.2, -0.15) is 5.26 Å². The van der Waals surface area contributed by atoms with Gasteiger partial charge in [0.2, 0.25) is 0 Å². The Kier molecular flexibility index (Phi) is 5.23. The van der Waals surface area contributed by atoms with E-state index in [2.05, 4.69) is 35.1 Å². The van der Waals surface area contributed by atoms with E-state index in [1.807, 2.05) is 6.07 Å². The van der Waals surface area contributed by atoms with Crippen LogP contribution in [0.25, 0.3) is 0 Å². The molecule has 1 aliphatic rings. The van der Waals surface area contributed by atoms with E-state index in [0.29, 0.717) is 17.9 Å². The Morgan fingerprint density at radius 1 is 1.48 bits per heavy atom. The average molecular weight is 355 g/mol. The lowest BCUT2D eigenvalue weighted by atomic mass is 9.86. The summed E-state index contributed by atoms with van der Waals surface area (Å²) in [6.07, 6.45) is 3.65. The largest absolute Gasteiger partial charge is 0.380 e. The normalized spacial score (nSPS) is 20.8. The highest BCUT2D eigenvalue weighted by atomic mass is 79.9. The quantitative estimate of drug-likeness (QED) is 0.858. The van der Waals surface area contributed by atoms with Crippen molar-refractivity contribution in [3.05, 3.63) is 28.0 Å². The minimum Gasteiger partial charge on any atom is -0.380 e. The molecule has 1 saturated heterocycles. The van der Waals surface area contributed by atoms with Crippen molar-refractivity contribution in [3.63, 3.8) is 0 Å². The summed E-state index contributed by atoms with van der Waals surface area (Å²) < 4.78 is 20.4. The maximum Gasteiger partial charge on any atom is 0.161 e. The SMILES string of the molecule is CCC1(CC)CC(Nc2ccc(C#N)c(Br)c2F)CCO1. The van der Waals surface area contributed by atoms with Crippen LogP contribution in [0.4, 0.5) is 10.1 Å². The molecule has 1 aromatic rings. The highest BCUT2D eigenvalue weighted by Crippen LogP contribution is 2.34. The summed E-state index contributed by atoms with van der Waals surface area (Å²) in [4.78, 5) is 0. The van der Waals surface area contributed by atoms with Crippen molar-refractivity contribution in [3.8, 4) is 6.07 Å². The van der Waals surface area contributed by atoms with Crippen LogP contribution in [0.3, 0.4) is 0 Å². The lowest BCUT2D eigenvalue weighted by molar-refractivity contribution is -0.0864. The molecule has 114 valence electrons. The predicted molar refractivity (Wildman–Crippen MR) is 84.7 cm³/mol. The van der Waals surface area contributed by atoms with Crippen LogP contribution in [0.2, 0.25) is 0 Å². The zero-order valence-electron chi connectivity index (χ0n) is 12.4. The molecule has 0 aromatic heterocycles. The first kappa shape index (κ1) is 16.3. The van der Waals surface area contributed by atoms with E-state index >= 15 is 0 Å². The Bertz CT molecular complexity index is 552. The summed E-state index contributed by atoms with van der Waals surface area (Å²) in [7, 11) is 0. The molecule has 3 nitrogen and oxygen atoms in total. The number of hydrogen-bond donors (Lipinski definition) is 1. The Balaban J connectivity index is 2.15. The third-order valence-electron chi connectivity index (χ3n) is 4.34. The monoisotopic (exact) mass is 354 g/mol. The minimum absolute atomic E-state index is 0.101. The van der Waals surface area contributed by atoms with Crippen molar-refractivity contribution in [2.45, 2.75) is 51.2 Å². The number of nitriles is 1. The Labute approximate surface area is 133 Å². The molecule has 1 unspecified atom stereocenters. The molecule has 21 heavy (non-hydrogen) atoms. The van der Waals surface area contributed by atoms with Crippen LogP contribution in [-0.4, -0.2) is 18.2 Å². The first-order valence-electron chi connectivity index (χ1n) is 7.34. The minimum atomic E-state index is -0.404. The van der Waals surface area contributed by atoms with Gasteiger partial charge in [0.25, 0.3) is 0 Å². The molecule has 0 saturated carbocycles. The molecule has 1 aliphatic heterocycles. The molecule has 1 fully saturated rings. The molecule has 1 heterocycles. The topological polar surface area (TPSA) is 45.0 Å². The maximum absolute atomic E-state index is 14.3. The molecular weight excluding hydrogens is 335 g/mol. The Morgan fingerprint density at radius 2 is 2.19 bits per heavy atom. The van der Waals surface area contributed by atoms with Crippen LogP contribution < -0.4 is 5.32 Å². The molecule has 0 bridgehead atoms. The van der Waals surface area contributed by atoms with E-state index in [0.717, 1.165) is 25.7 Å². The highest BCUT2D eigenvalue weighted by molar-refractivity contribution is 9.10. The van der Waals surface area contributed by atoms with Crippen LogP contribution in [0.15, 0.2) is 16.6 Å². The van der Waals surface area contributed by atoms with E-state index in [1.54, 1.807) is 12.1 Å². The number of nitrogens with one attached hydrogen (secondary N) is 1. The Hall–Kier alpha value is -1.12. The zero-order chi connectivity index (χ0) is 15.5. The molecule has 5 heteroatoms. The fraction of sp³-hybridized carbons (Fsp3) is 0.562. The number of benzene rings is 1. The third kappa shape index (κ3) is 3.38. The van der Waals surface area contributed by atoms with Crippen molar-refractivity contribution >= 4 is 21.6 Å². The van der Waals surface area contributed by atoms with Gasteiger partial charge in [-0.25, -0.2) is 4.39 Å². The maximum atomic E-state index is 14.3.